The Labute approximate surface area is 153 Å². The second-order valence-electron chi connectivity index (χ2n) is 6.57. The van der Waals surface area contributed by atoms with Crippen LogP contribution in [0.4, 0.5) is 26.3 Å². The average Bonchev–Trinajstić information content (AvgIpc) is 3.05. The molecule has 0 aromatic heterocycles. The lowest BCUT2D eigenvalue weighted by Crippen LogP contribution is -2.48. The number of carbonyl (C=O) groups is 2. The molecule has 1 aliphatic rings. The zero-order valence-electron chi connectivity index (χ0n) is 14.7. The van der Waals surface area contributed by atoms with Crippen LogP contribution in [0.25, 0.3) is 0 Å². The molecule has 1 aliphatic carbocycles. The number of ether oxygens (including phenoxy) is 1. The van der Waals surface area contributed by atoms with Crippen LogP contribution in [0, 0.1) is 5.92 Å². The Morgan fingerprint density at radius 1 is 1.04 bits per heavy atom. The number of Topliss-reactive ketones (excluding diaryl/α,β-unsaturated/α-hetero) is 1. The van der Waals surface area contributed by atoms with Gasteiger partial charge in [-0.25, -0.2) is 0 Å². The van der Waals surface area contributed by atoms with Crippen molar-refractivity contribution in [1.82, 2.24) is 5.32 Å². The lowest BCUT2D eigenvalue weighted by molar-refractivity contribution is -0.319. The number of nitrogens with one attached hydrogen (secondary N) is 1. The van der Waals surface area contributed by atoms with Gasteiger partial charge in [-0.05, 0) is 38.6 Å². The predicted molar refractivity (Wildman–Crippen MR) is 83.7 cm³/mol. The number of amides is 1. The maximum absolute atomic E-state index is 12.5. The normalized spacial score (nSPS) is 17.3. The van der Waals surface area contributed by atoms with Crippen LogP contribution in [0.5, 0.6) is 0 Å². The van der Waals surface area contributed by atoms with Gasteiger partial charge < -0.3 is 15.8 Å². The Morgan fingerprint density at radius 2 is 1.59 bits per heavy atom. The number of hydrogen-bond acceptors (Lipinski definition) is 4. The van der Waals surface area contributed by atoms with Gasteiger partial charge in [0.15, 0.2) is 5.78 Å². The smallest absolute Gasteiger partial charge is 0.353 e. The molecule has 11 heteroatoms. The molecule has 1 atom stereocenters. The van der Waals surface area contributed by atoms with E-state index in [1.54, 1.807) is 0 Å². The molecular formula is C16H24F6N2O3. The average molecular weight is 406 g/mol. The highest BCUT2D eigenvalue weighted by atomic mass is 19.4. The summed E-state index contributed by atoms with van der Waals surface area (Å²) >= 11 is 0. The van der Waals surface area contributed by atoms with Crippen molar-refractivity contribution in [3.8, 4) is 0 Å². The number of hydrogen-bond donors (Lipinski definition) is 2. The highest BCUT2D eigenvalue weighted by Gasteiger charge is 2.58. The molecule has 1 saturated carbocycles. The fourth-order valence-corrected chi connectivity index (χ4v) is 2.92. The summed E-state index contributed by atoms with van der Waals surface area (Å²) in [6.07, 6.45) is -11.5. The Bertz CT molecular complexity index is 476. The van der Waals surface area contributed by atoms with Crippen LogP contribution < -0.4 is 11.1 Å². The molecule has 0 bridgehead atoms. The van der Waals surface area contributed by atoms with Crippen LogP contribution in [0.1, 0.15) is 44.9 Å². The van der Waals surface area contributed by atoms with E-state index in [9.17, 15) is 35.9 Å². The minimum Gasteiger partial charge on any atom is -0.353 e. The van der Waals surface area contributed by atoms with Gasteiger partial charge in [0.25, 0.3) is 0 Å². The van der Waals surface area contributed by atoms with E-state index in [1.807, 2.05) is 0 Å². The molecule has 0 radical (unpaired) electrons. The molecule has 1 fully saturated rings. The van der Waals surface area contributed by atoms with E-state index >= 15 is 0 Å². The molecular weight excluding hydrogens is 382 g/mol. The number of halogens is 6. The van der Waals surface area contributed by atoms with E-state index in [-0.39, 0.29) is 12.3 Å². The monoisotopic (exact) mass is 406 g/mol. The molecule has 0 spiro atoms. The van der Waals surface area contributed by atoms with Gasteiger partial charge in [-0.3, -0.25) is 9.59 Å². The predicted octanol–water partition coefficient (Wildman–Crippen LogP) is 2.87. The van der Waals surface area contributed by atoms with Crippen LogP contribution in [-0.4, -0.2) is 49.3 Å². The number of carbonyl (C=O) groups excluding carboxylic acids is 2. The van der Waals surface area contributed by atoms with Crippen molar-refractivity contribution < 1.29 is 40.7 Å². The van der Waals surface area contributed by atoms with Crippen LogP contribution in [0.15, 0.2) is 0 Å². The van der Waals surface area contributed by atoms with E-state index in [1.165, 1.54) is 0 Å². The summed E-state index contributed by atoms with van der Waals surface area (Å²) in [4.78, 5) is 24.3. The maximum Gasteiger partial charge on any atom is 0.423 e. The van der Waals surface area contributed by atoms with Gasteiger partial charge >= 0.3 is 12.4 Å². The minimum absolute atomic E-state index is 0.0700. The van der Waals surface area contributed by atoms with Crippen molar-refractivity contribution >= 4 is 11.7 Å². The largest absolute Gasteiger partial charge is 0.423 e. The van der Waals surface area contributed by atoms with Gasteiger partial charge in [0.1, 0.15) is 6.61 Å². The molecule has 1 rings (SSSR count). The van der Waals surface area contributed by atoms with Crippen LogP contribution in [-0.2, 0) is 14.3 Å². The number of rotatable bonds is 10. The molecule has 27 heavy (non-hydrogen) atoms. The number of nitrogens with two attached hydrogens (primary N) is 1. The second-order valence-corrected chi connectivity index (χ2v) is 6.57. The van der Waals surface area contributed by atoms with Gasteiger partial charge in [0.2, 0.25) is 12.0 Å². The van der Waals surface area contributed by atoms with E-state index in [0.29, 0.717) is 32.2 Å². The molecule has 3 N–H and O–H groups in total. The highest BCUT2D eigenvalue weighted by Crippen LogP contribution is 2.35. The molecule has 1 amide bonds. The molecule has 0 heterocycles. The third kappa shape index (κ3) is 8.04. The maximum atomic E-state index is 12.5. The molecule has 158 valence electrons. The quantitative estimate of drug-likeness (QED) is 0.432. The molecule has 5 nitrogen and oxygen atoms in total. The lowest BCUT2D eigenvalue weighted by atomic mass is 10.0. The summed E-state index contributed by atoms with van der Waals surface area (Å²) in [5, 5.41) is 2.45. The van der Waals surface area contributed by atoms with Gasteiger partial charge in [0, 0.05) is 5.92 Å². The van der Waals surface area contributed by atoms with Crippen molar-refractivity contribution in [3.63, 3.8) is 0 Å². The number of ketones is 1. The highest BCUT2D eigenvalue weighted by molar-refractivity contribution is 5.90. The fraction of sp³-hybridized carbons (Fsp3) is 0.875. The first-order valence-electron chi connectivity index (χ1n) is 8.75. The van der Waals surface area contributed by atoms with Crippen molar-refractivity contribution in [1.29, 1.82) is 0 Å². The van der Waals surface area contributed by atoms with E-state index < -0.39 is 42.8 Å². The van der Waals surface area contributed by atoms with Crippen LogP contribution in [0.2, 0.25) is 0 Å². The summed E-state index contributed by atoms with van der Waals surface area (Å²) in [6, 6.07) is -1.20. The van der Waals surface area contributed by atoms with Crippen LogP contribution >= 0.6 is 0 Å². The van der Waals surface area contributed by atoms with Crippen molar-refractivity contribution in [2.75, 3.05) is 13.2 Å². The Hall–Kier alpha value is -1.36. The second kappa shape index (κ2) is 10.3. The Kier molecular flexibility index (Phi) is 9.00. The van der Waals surface area contributed by atoms with E-state index in [2.05, 4.69) is 10.1 Å². The summed E-state index contributed by atoms with van der Waals surface area (Å²) in [7, 11) is 0. The van der Waals surface area contributed by atoms with Gasteiger partial charge in [-0.15, -0.1) is 0 Å². The zero-order valence-corrected chi connectivity index (χ0v) is 14.7. The standard InChI is InChI=1S/C16H24F6N2O3/c17-15(18,19)14(16(20,21)22)27-9-12(25)11(7-3-4-8-23)24-13(26)10-5-1-2-6-10/h10-11,14H,1-9,23H2,(H,24,26). The van der Waals surface area contributed by atoms with Crippen molar-refractivity contribution in [2.45, 2.75) is 69.4 Å². The summed E-state index contributed by atoms with van der Waals surface area (Å²) in [5.74, 6) is -1.74. The van der Waals surface area contributed by atoms with Gasteiger partial charge in [-0.2, -0.15) is 26.3 Å². The van der Waals surface area contributed by atoms with Crippen LogP contribution in [0.3, 0.4) is 0 Å². The summed E-state index contributed by atoms with van der Waals surface area (Å²) < 4.78 is 78.8. The van der Waals surface area contributed by atoms with Gasteiger partial charge in [-0.1, -0.05) is 12.8 Å². The molecule has 0 aromatic carbocycles. The topological polar surface area (TPSA) is 81.4 Å². The third-order valence-electron chi connectivity index (χ3n) is 4.36. The van der Waals surface area contributed by atoms with E-state index in [0.717, 1.165) is 12.8 Å². The first kappa shape index (κ1) is 23.7. The Morgan fingerprint density at radius 3 is 2.07 bits per heavy atom. The SMILES string of the molecule is NCCCCC(NC(=O)C1CCCC1)C(=O)COC(C(F)(F)F)C(F)(F)F. The zero-order chi connectivity index (χ0) is 20.7. The first-order chi connectivity index (χ1) is 12.5. The van der Waals surface area contributed by atoms with Gasteiger partial charge in [0.05, 0.1) is 6.04 Å². The Balaban J connectivity index is 2.72. The van der Waals surface area contributed by atoms with E-state index in [4.69, 9.17) is 5.73 Å². The first-order valence-corrected chi connectivity index (χ1v) is 8.75. The summed E-state index contributed by atoms with van der Waals surface area (Å²) in [6.45, 7) is -1.10. The molecule has 0 aliphatic heterocycles. The summed E-state index contributed by atoms with van der Waals surface area (Å²) in [5.41, 5.74) is 5.34. The number of unbranched alkanes of at least 4 members (excludes halogenated alkanes) is 1. The number of alkyl halides is 6. The third-order valence-corrected chi connectivity index (χ3v) is 4.36. The van der Waals surface area contributed by atoms with Crippen molar-refractivity contribution in [2.24, 2.45) is 11.7 Å². The minimum atomic E-state index is -5.69. The molecule has 1 unspecified atom stereocenters. The molecule has 0 saturated heterocycles. The fourth-order valence-electron chi connectivity index (χ4n) is 2.92. The van der Waals surface area contributed by atoms with Crippen molar-refractivity contribution in [3.05, 3.63) is 0 Å². The lowest BCUT2D eigenvalue weighted by Gasteiger charge is -2.24. The molecule has 0 aromatic rings.